The zero-order valence-electron chi connectivity index (χ0n) is 10.1. The van der Waals surface area contributed by atoms with Crippen molar-refractivity contribution < 1.29 is 4.42 Å². The quantitative estimate of drug-likeness (QED) is 0.857. The van der Waals surface area contributed by atoms with Crippen molar-refractivity contribution in [1.29, 1.82) is 0 Å². The molecule has 2 aromatic rings. The fourth-order valence-corrected chi connectivity index (χ4v) is 1.41. The fraction of sp³-hybridized carbons (Fsp3) is 0.417. The predicted octanol–water partition coefficient (Wildman–Crippen LogP) is 2.34. The maximum Gasteiger partial charge on any atom is 0.315 e. The number of aromatic nitrogens is 3. The van der Waals surface area contributed by atoms with Crippen LogP contribution in [0.1, 0.15) is 30.5 Å². The van der Waals surface area contributed by atoms with Crippen LogP contribution in [-0.4, -0.2) is 15.2 Å². The Balaban J connectivity index is 1.90. The number of aryl methyl sites for hydroxylation is 2. The highest BCUT2D eigenvalue weighted by Gasteiger charge is 2.04. The lowest BCUT2D eigenvalue weighted by Crippen LogP contribution is -2.01. The first kappa shape index (κ1) is 11.6. The van der Waals surface area contributed by atoms with Gasteiger partial charge in [0.05, 0.1) is 12.2 Å². The van der Waals surface area contributed by atoms with Crippen molar-refractivity contribution in [3.8, 4) is 0 Å². The summed E-state index contributed by atoms with van der Waals surface area (Å²) in [6.45, 7) is 4.68. The lowest BCUT2D eigenvalue weighted by Gasteiger charge is -2.00. The molecule has 0 aromatic carbocycles. The summed E-state index contributed by atoms with van der Waals surface area (Å²) >= 11 is 0. The van der Waals surface area contributed by atoms with E-state index in [9.17, 15) is 0 Å². The van der Waals surface area contributed by atoms with E-state index in [0.717, 1.165) is 24.1 Å². The summed E-state index contributed by atoms with van der Waals surface area (Å²) in [5.74, 6) is 0.673. The van der Waals surface area contributed by atoms with Crippen LogP contribution in [-0.2, 0) is 13.0 Å². The van der Waals surface area contributed by atoms with Gasteiger partial charge in [-0.15, -0.1) is 5.10 Å². The van der Waals surface area contributed by atoms with Gasteiger partial charge in [-0.2, -0.15) is 0 Å². The van der Waals surface area contributed by atoms with Crippen LogP contribution in [0.5, 0.6) is 0 Å². The summed E-state index contributed by atoms with van der Waals surface area (Å²) in [6, 6.07) is 4.46. The summed E-state index contributed by atoms with van der Waals surface area (Å²) in [6.07, 6.45) is 3.66. The van der Waals surface area contributed by atoms with E-state index in [0.29, 0.717) is 18.5 Å². The van der Waals surface area contributed by atoms with Crippen LogP contribution in [0.3, 0.4) is 0 Å². The van der Waals surface area contributed by atoms with Crippen LogP contribution in [0.2, 0.25) is 0 Å². The van der Waals surface area contributed by atoms with Crippen LogP contribution in [0, 0.1) is 6.92 Å². The molecule has 90 valence electrons. The molecule has 0 bridgehead atoms. The van der Waals surface area contributed by atoms with Gasteiger partial charge in [0.15, 0.2) is 0 Å². The third kappa shape index (κ3) is 3.27. The number of nitrogens with zero attached hydrogens (tertiary/aromatic N) is 3. The second-order valence-electron chi connectivity index (χ2n) is 3.93. The molecule has 5 nitrogen and oxygen atoms in total. The number of hydrogen-bond donors (Lipinski definition) is 1. The smallest absolute Gasteiger partial charge is 0.315 e. The fourth-order valence-electron chi connectivity index (χ4n) is 1.41. The monoisotopic (exact) mass is 232 g/mol. The minimum absolute atomic E-state index is 0.454. The first-order valence-corrected chi connectivity index (χ1v) is 5.75. The number of pyridine rings is 1. The zero-order chi connectivity index (χ0) is 12.1. The van der Waals surface area contributed by atoms with Gasteiger partial charge in [0, 0.05) is 12.6 Å². The third-order valence-electron chi connectivity index (χ3n) is 2.32. The van der Waals surface area contributed by atoms with Gasteiger partial charge in [-0.25, -0.2) is 0 Å². The van der Waals surface area contributed by atoms with Gasteiger partial charge < -0.3 is 9.73 Å². The largest absolute Gasteiger partial charge is 0.408 e. The molecule has 1 N–H and O–H groups in total. The maximum atomic E-state index is 5.41. The van der Waals surface area contributed by atoms with Crippen LogP contribution in [0.25, 0.3) is 0 Å². The Morgan fingerprint density at radius 2 is 2.18 bits per heavy atom. The molecule has 0 aliphatic heterocycles. The van der Waals surface area contributed by atoms with Crippen molar-refractivity contribution in [2.24, 2.45) is 0 Å². The van der Waals surface area contributed by atoms with Gasteiger partial charge in [-0.05, 0) is 25.0 Å². The third-order valence-corrected chi connectivity index (χ3v) is 2.32. The van der Waals surface area contributed by atoms with E-state index in [-0.39, 0.29) is 0 Å². The van der Waals surface area contributed by atoms with Crippen molar-refractivity contribution in [2.45, 2.75) is 33.2 Å². The van der Waals surface area contributed by atoms with Crippen molar-refractivity contribution in [3.05, 3.63) is 35.5 Å². The molecule has 0 spiro atoms. The topological polar surface area (TPSA) is 63.8 Å². The summed E-state index contributed by atoms with van der Waals surface area (Å²) in [5, 5.41) is 10.9. The molecule has 17 heavy (non-hydrogen) atoms. The minimum Gasteiger partial charge on any atom is -0.408 e. The van der Waals surface area contributed by atoms with Crippen LogP contribution in [0.4, 0.5) is 6.01 Å². The van der Waals surface area contributed by atoms with Gasteiger partial charge >= 0.3 is 6.01 Å². The number of anilines is 1. The Bertz CT molecular complexity index is 464. The van der Waals surface area contributed by atoms with Crippen LogP contribution in [0.15, 0.2) is 22.7 Å². The van der Waals surface area contributed by atoms with E-state index >= 15 is 0 Å². The Labute approximate surface area is 100 Å². The van der Waals surface area contributed by atoms with Crippen LogP contribution >= 0.6 is 0 Å². The van der Waals surface area contributed by atoms with Crippen molar-refractivity contribution in [3.63, 3.8) is 0 Å². The standard InChI is InChI=1S/C12H16N4O/c1-3-4-11-15-16-12(17-11)14-8-10-6-5-9(2)7-13-10/h5-7H,3-4,8H2,1-2H3,(H,14,16). The van der Waals surface area contributed by atoms with Crippen molar-refractivity contribution >= 4 is 6.01 Å². The second kappa shape index (κ2) is 5.43. The number of nitrogens with one attached hydrogen (secondary N) is 1. The molecular formula is C12H16N4O. The van der Waals surface area contributed by atoms with Gasteiger partial charge in [0.25, 0.3) is 0 Å². The molecule has 0 aliphatic carbocycles. The Morgan fingerprint density at radius 3 is 2.88 bits per heavy atom. The molecule has 2 heterocycles. The van der Waals surface area contributed by atoms with Gasteiger partial charge in [0.2, 0.25) is 5.89 Å². The normalized spacial score (nSPS) is 10.5. The van der Waals surface area contributed by atoms with Crippen molar-refractivity contribution in [1.82, 2.24) is 15.2 Å². The van der Waals surface area contributed by atoms with E-state index in [1.165, 1.54) is 0 Å². The van der Waals surface area contributed by atoms with E-state index < -0.39 is 0 Å². The second-order valence-corrected chi connectivity index (χ2v) is 3.93. The zero-order valence-corrected chi connectivity index (χ0v) is 10.1. The Morgan fingerprint density at radius 1 is 1.29 bits per heavy atom. The first-order valence-electron chi connectivity index (χ1n) is 5.75. The van der Waals surface area contributed by atoms with Crippen LogP contribution < -0.4 is 5.32 Å². The molecule has 2 rings (SSSR count). The summed E-state index contributed by atoms with van der Waals surface area (Å²) < 4.78 is 5.41. The van der Waals surface area contributed by atoms with Crippen molar-refractivity contribution in [2.75, 3.05) is 5.32 Å². The summed E-state index contributed by atoms with van der Waals surface area (Å²) in [7, 11) is 0. The van der Waals surface area contributed by atoms with E-state index in [2.05, 4.69) is 27.4 Å². The molecule has 2 aromatic heterocycles. The van der Waals surface area contributed by atoms with Gasteiger partial charge in [-0.3, -0.25) is 4.98 Å². The average molecular weight is 232 g/mol. The summed E-state index contributed by atoms with van der Waals surface area (Å²) in [5.41, 5.74) is 2.10. The lowest BCUT2D eigenvalue weighted by molar-refractivity contribution is 0.500. The molecule has 0 radical (unpaired) electrons. The highest BCUT2D eigenvalue weighted by atomic mass is 16.4. The van der Waals surface area contributed by atoms with E-state index in [1.807, 2.05) is 25.3 Å². The number of hydrogen-bond acceptors (Lipinski definition) is 5. The predicted molar refractivity (Wildman–Crippen MR) is 64.6 cm³/mol. The minimum atomic E-state index is 0.454. The van der Waals surface area contributed by atoms with Gasteiger partial charge in [-0.1, -0.05) is 18.1 Å². The Hall–Kier alpha value is -1.91. The molecule has 0 aliphatic rings. The number of rotatable bonds is 5. The molecule has 0 fully saturated rings. The maximum absolute atomic E-state index is 5.41. The highest BCUT2D eigenvalue weighted by molar-refractivity contribution is 5.21. The molecular weight excluding hydrogens is 216 g/mol. The molecule has 0 saturated heterocycles. The molecule has 0 atom stereocenters. The molecule has 0 saturated carbocycles. The highest BCUT2D eigenvalue weighted by Crippen LogP contribution is 2.08. The van der Waals surface area contributed by atoms with E-state index in [1.54, 1.807) is 0 Å². The van der Waals surface area contributed by atoms with Gasteiger partial charge in [0.1, 0.15) is 0 Å². The average Bonchev–Trinajstić information content (AvgIpc) is 2.77. The lowest BCUT2D eigenvalue weighted by atomic mass is 10.3. The molecule has 0 amide bonds. The Kier molecular flexibility index (Phi) is 3.69. The summed E-state index contributed by atoms with van der Waals surface area (Å²) in [4.78, 5) is 4.28. The SMILES string of the molecule is CCCc1nnc(NCc2ccc(C)cn2)o1. The van der Waals surface area contributed by atoms with E-state index in [4.69, 9.17) is 4.42 Å². The molecule has 5 heteroatoms. The first-order chi connectivity index (χ1) is 8.28. The molecule has 0 unspecified atom stereocenters.